The molecule has 162 valence electrons. The number of nitrogens with zero attached hydrogens (tertiary/aromatic N) is 3. The maximum atomic E-state index is 12.8. The molecule has 1 aromatic heterocycles. The predicted molar refractivity (Wildman–Crippen MR) is 127 cm³/mol. The SMILES string of the molecule is Cc1cccc(NC(=NCCc2c(C)nn(C)c2C)NC(=O)c2ccc(Cl)cc2)c1C. The van der Waals surface area contributed by atoms with Gasteiger partial charge in [0.25, 0.3) is 5.91 Å². The summed E-state index contributed by atoms with van der Waals surface area (Å²) in [4.78, 5) is 17.4. The van der Waals surface area contributed by atoms with Gasteiger partial charge in [0.15, 0.2) is 0 Å². The van der Waals surface area contributed by atoms with E-state index in [9.17, 15) is 4.79 Å². The van der Waals surface area contributed by atoms with Crippen LogP contribution in [-0.4, -0.2) is 28.2 Å². The minimum absolute atomic E-state index is 0.248. The largest absolute Gasteiger partial charge is 0.326 e. The van der Waals surface area contributed by atoms with Crippen LogP contribution < -0.4 is 10.6 Å². The molecule has 7 heteroatoms. The lowest BCUT2D eigenvalue weighted by molar-refractivity contribution is 0.0977. The summed E-state index contributed by atoms with van der Waals surface area (Å²) in [5, 5.41) is 11.2. The van der Waals surface area contributed by atoms with Gasteiger partial charge in [-0.1, -0.05) is 23.7 Å². The molecule has 0 atom stereocenters. The minimum Gasteiger partial charge on any atom is -0.326 e. The number of benzene rings is 2. The summed E-state index contributed by atoms with van der Waals surface area (Å²) in [5.41, 5.74) is 7.00. The van der Waals surface area contributed by atoms with Gasteiger partial charge in [0.1, 0.15) is 0 Å². The quantitative estimate of drug-likeness (QED) is 0.447. The van der Waals surface area contributed by atoms with Crippen LogP contribution in [0.5, 0.6) is 0 Å². The van der Waals surface area contributed by atoms with Crippen molar-refractivity contribution >= 4 is 29.2 Å². The van der Waals surface area contributed by atoms with Crippen molar-refractivity contribution in [3.8, 4) is 0 Å². The third-order valence-electron chi connectivity index (χ3n) is 5.49. The highest BCUT2D eigenvalue weighted by Crippen LogP contribution is 2.18. The smallest absolute Gasteiger partial charge is 0.257 e. The van der Waals surface area contributed by atoms with Crippen LogP contribution in [0.25, 0.3) is 0 Å². The maximum absolute atomic E-state index is 12.8. The van der Waals surface area contributed by atoms with Crippen LogP contribution in [0.1, 0.15) is 38.4 Å². The molecule has 0 aliphatic carbocycles. The van der Waals surface area contributed by atoms with Crippen LogP contribution in [0.3, 0.4) is 0 Å². The molecule has 0 unspecified atom stereocenters. The van der Waals surface area contributed by atoms with Gasteiger partial charge >= 0.3 is 0 Å². The number of carbonyl (C=O) groups is 1. The van der Waals surface area contributed by atoms with Crippen molar-refractivity contribution < 1.29 is 4.79 Å². The Balaban J connectivity index is 1.82. The van der Waals surface area contributed by atoms with Crippen molar-refractivity contribution in [2.45, 2.75) is 34.1 Å². The van der Waals surface area contributed by atoms with Gasteiger partial charge in [-0.05, 0) is 81.1 Å². The molecule has 3 aromatic rings. The topological polar surface area (TPSA) is 71.3 Å². The molecular formula is C24H28ClN5O. The van der Waals surface area contributed by atoms with Gasteiger partial charge in [-0.3, -0.25) is 19.8 Å². The van der Waals surface area contributed by atoms with Crippen LogP contribution in [0.2, 0.25) is 5.02 Å². The van der Waals surface area contributed by atoms with Crippen molar-refractivity contribution in [1.29, 1.82) is 0 Å². The van der Waals surface area contributed by atoms with E-state index in [4.69, 9.17) is 11.6 Å². The summed E-state index contributed by atoms with van der Waals surface area (Å²) in [5.74, 6) is 0.162. The van der Waals surface area contributed by atoms with E-state index in [1.807, 2.05) is 37.7 Å². The monoisotopic (exact) mass is 437 g/mol. The lowest BCUT2D eigenvalue weighted by atomic mass is 10.1. The number of halogens is 1. The lowest BCUT2D eigenvalue weighted by Gasteiger charge is -2.15. The fraction of sp³-hybridized carbons (Fsp3) is 0.292. The summed E-state index contributed by atoms with van der Waals surface area (Å²) < 4.78 is 1.88. The zero-order chi connectivity index (χ0) is 22.5. The minimum atomic E-state index is -0.248. The third kappa shape index (κ3) is 5.52. The van der Waals surface area contributed by atoms with Gasteiger partial charge in [0.05, 0.1) is 5.69 Å². The van der Waals surface area contributed by atoms with Gasteiger partial charge in [0.2, 0.25) is 5.96 Å². The number of nitrogens with one attached hydrogen (secondary N) is 2. The zero-order valence-corrected chi connectivity index (χ0v) is 19.3. The second-order valence-electron chi connectivity index (χ2n) is 7.59. The van der Waals surface area contributed by atoms with Crippen LogP contribution in [0, 0.1) is 27.7 Å². The first-order valence-electron chi connectivity index (χ1n) is 10.2. The van der Waals surface area contributed by atoms with E-state index in [-0.39, 0.29) is 5.91 Å². The number of aromatic nitrogens is 2. The van der Waals surface area contributed by atoms with E-state index in [0.717, 1.165) is 34.6 Å². The van der Waals surface area contributed by atoms with E-state index in [0.29, 0.717) is 23.1 Å². The number of rotatable bonds is 5. The summed E-state index contributed by atoms with van der Waals surface area (Å²) in [6.07, 6.45) is 0.736. The fourth-order valence-corrected chi connectivity index (χ4v) is 3.49. The molecule has 0 saturated carbocycles. The molecule has 1 heterocycles. The van der Waals surface area contributed by atoms with Crippen molar-refractivity contribution in [2.24, 2.45) is 12.0 Å². The van der Waals surface area contributed by atoms with Gasteiger partial charge in [0, 0.05) is 35.6 Å². The first kappa shape index (κ1) is 22.6. The second-order valence-corrected chi connectivity index (χ2v) is 8.02. The summed E-state index contributed by atoms with van der Waals surface area (Å²) in [6, 6.07) is 12.8. The number of amides is 1. The molecule has 0 radical (unpaired) electrons. The van der Waals surface area contributed by atoms with Gasteiger partial charge in [-0.15, -0.1) is 0 Å². The lowest BCUT2D eigenvalue weighted by Crippen LogP contribution is -2.36. The molecule has 0 bridgehead atoms. The Morgan fingerprint density at radius 1 is 1.10 bits per heavy atom. The second kappa shape index (κ2) is 9.79. The van der Waals surface area contributed by atoms with E-state index in [1.165, 1.54) is 5.56 Å². The van der Waals surface area contributed by atoms with Crippen LogP contribution in [0.15, 0.2) is 47.5 Å². The first-order chi connectivity index (χ1) is 14.8. The molecule has 1 amide bonds. The van der Waals surface area contributed by atoms with Gasteiger partial charge in [-0.2, -0.15) is 5.10 Å². The molecule has 0 fully saturated rings. The zero-order valence-electron chi connectivity index (χ0n) is 18.6. The number of guanidine groups is 1. The average molecular weight is 438 g/mol. The summed E-state index contributed by atoms with van der Waals surface area (Å²) in [6.45, 7) is 8.66. The molecule has 2 N–H and O–H groups in total. The Morgan fingerprint density at radius 3 is 2.45 bits per heavy atom. The van der Waals surface area contributed by atoms with E-state index >= 15 is 0 Å². The number of hydrogen-bond donors (Lipinski definition) is 2. The molecule has 31 heavy (non-hydrogen) atoms. The highest BCUT2D eigenvalue weighted by Gasteiger charge is 2.12. The number of carbonyl (C=O) groups excluding carboxylic acids is 1. The third-order valence-corrected chi connectivity index (χ3v) is 5.74. The summed E-state index contributed by atoms with van der Waals surface area (Å²) in [7, 11) is 1.94. The molecule has 2 aromatic carbocycles. The van der Waals surface area contributed by atoms with Crippen molar-refractivity contribution in [3.05, 3.63) is 81.1 Å². The number of anilines is 1. The molecule has 0 saturated heterocycles. The Labute approximate surface area is 188 Å². The van der Waals surface area contributed by atoms with E-state index in [1.54, 1.807) is 24.3 Å². The highest BCUT2D eigenvalue weighted by atomic mass is 35.5. The standard InChI is InChI=1S/C24H28ClN5O/c1-15-7-6-8-22(16(15)2)27-24(28-23(31)19-9-11-20(25)12-10-19)26-14-13-21-17(3)29-30(5)18(21)4/h6-12H,13-14H2,1-5H3,(H2,26,27,28,31). The van der Waals surface area contributed by atoms with Crippen molar-refractivity contribution in [1.82, 2.24) is 15.1 Å². The first-order valence-corrected chi connectivity index (χ1v) is 10.6. The van der Waals surface area contributed by atoms with Crippen LogP contribution in [-0.2, 0) is 13.5 Å². The number of aliphatic imine (C=N–C) groups is 1. The van der Waals surface area contributed by atoms with Gasteiger partial charge < -0.3 is 5.32 Å². The number of aryl methyl sites for hydroxylation is 3. The van der Waals surface area contributed by atoms with E-state index in [2.05, 4.69) is 40.6 Å². The maximum Gasteiger partial charge on any atom is 0.257 e. The molecule has 6 nitrogen and oxygen atoms in total. The molecule has 0 spiro atoms. The molecule has 3 rings (SSSR count). The predicted octanol–water partition coefficient (Wildman–Crippen LogP) is 4.75. The Morgan fingerprint density at radius 2 is 1.81 bits per heavy atom. The van der Waals surface area contributed by atoms with Crippen LogP contribution >= 0.6 is 11.6 Å². The number of hydrogen-bond acceptors (Lipinski definition) is 3. The molecular weight excluding hydrogens is 410 g/mol. The van der Waals surface area contributed by atoms with Crippen molar-refractivity contribution in [2.75, 3.05) is 11.9 Å². The highest BCUT2D eigenvalue weighted by molar-refractivity contribution is 6.30. The summed E-state index contributed by atoms with van der Waals surface area (Å²) >= 11 is 5.94. The Hall–Kier alpha value is -3.12. The fourth-order valence-electron chi connectivity index (χ4n) is 3.36. The van der Waals surface area contributed by atoms with E-state index < -0.39 is 0 Å². The van der Waals surface area contributed by atoms with Crippen molar-refractivity contribution in [3.63, 3.8) is 0 Å². The Bertz CT molecular complexity index is 1120. The molecule has 0 aliphatic heterocycles. The normalized spacial score (nSPS) is 11.5. The average Bonchev–Trinajstić information content (AvgIpc) is 2.97. The van der Waals surface area contributed by atoms with Gasteiger partial charge in [-0.25, -0.2) is 0 Å². The van der Waals surface area contributed by atoms with Crippen LogP contribution in [0.4, 0.5) is 5.69 Å². The Kier molecular flexibility index (Phi) is 7.13. The molecule has 0 aliphatic rings.